The van der Waals surface area contributed by atoms with E-state index < -0.39 is 6.10 Å². The summed E-state index contributed by atoms with van der Waals surface area (Å²) < 4.78 is 2.87. The number of nitrogens with zero attached hydrogens (tertiary/aromatic N) is 2. The normalized spacial score (nSPS) is 12.7. The van der Waals surface area contributed by atoms with E-state index in [0.717, 1.165) is 9.13 Å². The number of rotatable bonds is 2. The van der Waals surface area contributed by atoms with Crippen molar-refractivity contribution in [2.45, 2.75) is 6.10 Å². The lowest BCUT2D eigenvalue weighted by molar-refractivity contribution is 0.205. The maximum Gasteiger partial charge on any atom is 0.142 e. The minimum Gasteiger partial charge on any atom is -0.380 e. The number of aliphatic hydroxyl groups excluding tert-OH is 1. The first kappa shape index (κ1) is 10.6. The second kappa shape index (κ2) is 4.32. The van der Waals surface area contributed by atoms with Crippen LogP contribution in [-0.4, -0.2) is 14.7 Å². The Bertz CT molecular complexity index is 467. The summed E-state index contributed by atoms with van der Waals surface area (Å²) in [5, 5.41) is 10.2. The molecule has 2 aromatic rings. The summed E-state index contributed by atoms with van der Waals surface area (Å²) in [5.74, 6) is 0.666. The molecule has 1 aromatic carbocycles. The van der Waals surface area contributed by atoms with Crippen molar-refractivity contribution in [1.29, 1.82) is 0 Å². The number of aromatic nitrogens is 2. The highest BCUT2D eigenvalue weighted by atomic mass is 127. The van der Waals surface area contributed by atoms with Gasteiger partial charge in [-0.3, -0.25) is 0 Å². The molecule has 0 aliphatic heterocycles. The van der Waals surface area contributed by atoms with E-state index in [1.807, 2.05) is 42.1 Å². The van der Waals surface area contributed by atoms with E-state index in [0.29, 0.717) is 5.82 Å². The molecular formula is C11H11IN2O. The molecule has 0 aliphatic rings. The van der Waals surface area contributed by atoms with Crippen LogP contribution in [0.3, 0.4) is 0 Å². The maximum atomic E-state index is 10.2. The molecule has 0 radical (unpaired) electrons. The molecule has 0 amide bonds. The van der Waals surface area contributed by atoms with Crippen molar-refractivity contribution in [2.24, 2.45) is 7.05 Å². The third-order valence-electron chi connectivity index (χ3n) is 2.30. The van der Waals surface area contributed by atoms with E-state index in [4.69, 9.17) is 0 Å². The Hall–Kier alpha value is -0.880. The highest BCUT2D eigenvalue weighted by molar-refractivity contribution is 14.1. The number of halogens is 1. The highest BCUT2D eigenvalue weighted by Crippen LogP contribution is 2.24. The molecule has 4 heteroatoms. The van der Waals surface area contributed by atoms with Gasteiger partial charge < -0.3 is 9.67 Å². The van der Waals surface area contributed by atoms with Crippen LogP contribution in [0.15, 0.2) is 36.7 Å². The molecule has 1 heterocycles. The Labute approximate surface area is 102 Å². The predicted molar refractivity (Wildman–Crippen MR) is 66.4 cm³/mol. The van der Waals surface area contributed by atoms with Gasteiger partial charge in [-0.15, -0.1) is 0 Å². The van der Waals surface area contributed by atoms with Crippen LogP contribution in [0.25, 0.3) is 0 Å². The second-order valence-corrected chi connectivity index (χ2v) is 4.48. The molecule has 15 heavy (non-hydrogen) atoms. The first-order chi connectivity index (χ1) is 7.20. The molecule has 0 saturated heterocycles. The Morgan fingerprint density at radius 2 is 2.13 bits per heavy atom. The molecule has 1 unspecified atom stereocenters. The van der Waals surface area contributed by atoms with Gasteiger partial charge in [0, 0.05) is 28.6 Å². The van der Waals surface area contributed by atoms with E-state index in [9.17, 15) is 5.11 Å². The quantitative estimate of drug-likeness (QED) is 0.862. The molecule has 3 nitrogen and oxygen atoms in total. The Morgan fingerprint density at radius 1 is 1.40 bits per heavy atom. The Kier molecular flexibility index (Phi) is 3.06. The summed E-state index contributed by atoms with van der Waals surface area (Å²) in [6, 6.07) is 7.77. The molecule has 2 rings (SSSR count). The van der Waals surface area contributed by atoms with Gasteiger partial charge in [-0.25, -0.2) is 4.98 Å². The summed E-state index contributed by atoms with van der Waals surface area (Å²) in [4.78, 5) is 4.14. The topological polar surface area (TPSA) is 38.0 Å². The third-order valence-corrected chi connectivity index (χ3v) is 3.29. The summed E-state index contributed by atoms with van der Waals surface area (Å²) >= 11 is 2.22. The van der Waals surface area contributed by atoms with E-state index in [-0.39, 0.29) is 0 Å². The number of imidazole rings is 1. The van der Waals surface area contributed by atoms with Crippen molar-refractivity contribution in [3.63, 3.8) is 0 Å². The second-order valence-electron chi connectivity index (χ2n) is 3.32. The number of aliphatic hydroxyl groups is 1. The summed E-state index contributed by atoms with van der Waals surface area (Å²) in [6.45, 7) is 0. The number of hydrogen-bond acceptors (Lipinski definition) is 2. The van der Waals surface area contributed by atoms with Crippen molar-refractivity contribution >= 4 is 22.6 Å². The van der Waals surface area contributed by atoms with Gasteiger partial charge in [-0.2, -0.15) is 0 Å². The zero-order valence-electron chi connectivity index (χ0n) is 8.26. The molecular weight excluding hydrogens is 303 g/mol. The molecule has 0 aliphatic carbocycles. The number of benzene rings is 1. The van der Waals surface area contributed by atoms with Gasteiger partial charge >= 0.3 is 0 Å². The van der Waals surface area contributed by atoms with Crippen molar-refractivity contribution in [3.8, 4) is 0 Å². The Balaban J connectivity index is 2.41. The molecule has 1 aromatic heterocycles. The largest absolute Gasteiger partial charge is 0.380 e. The molecule has 0 fully saturated rings. The van der Waals surface area contributed by atoms with E-state index in [1.54, 1.807) is 6.20 Å². The van der Waals surface area contributed by atoms with Crippen molar-refractivity contribution in [3.05, 3.63) is 51.6 Å². The van der Waals surface area contributed by atoms with Crippen LogP contribution in [0, 0.1) is 3.57 Å². The molecule has 0 spiro atoms. The number of hydrogen-bond donors (Lipinski definition) is 1. The van der Waals surface area contributed by atoms with Crippen LogP contribution < -0.4 is 0 Å². The SMILES string of the molecule is Cn1ccnc1C(O)c1ccccc1I. The predicted octanol–water partition coefficient (Wildman–Crippen LogP) is 2.11. The maximum absolute atomic E-state index is 10.2. The van der Waals surface area contributed by atoms with Crippen molar-refractivity contribution < 1.29 is 5.11 Å². The third kappa shape index (κ3) is 2.05. The molecule has 0 bridgehead atoms. The van der Waals surface area contributed by atoms with Crippen LogP contribution in [-0.2, 0) is 7.05 Å². The molecule has 1 atom stereocenters. The fraction of sp³-hybridized carbons (Fsp3) is 0.182. The number of aryl methyl sites for hydroxylation is 1. The van der Waals surface area contributed by atoms with Crippen LogP contribution in [0.2, 0.25) is 0 Å². The van der Waals surface area contributed by atoms with Gasteiger partial charge in [-0.1, -0.05) is 18.2 Å². The zero-order valence-corrected chi connectivity index (χ0v) is 10.4. The van der Waals surface area contributed by atoms with Gasteiger partial charge in [0.15, 0.2) is 0 Å². The average Bonchev–Trinajstić information content (AvgIpc) is 2.64. The van der Waals surface area contributed by atoms with Gasteiger partial charge in [0.1, 0.15) is 11.9 Å². The first-order valence-corrected chi connectivity index (χ1v) is 5.67. The van der Waals surface area contributed by atoms with Gasteiger partial charge in [-0.05, 0) is 28.7 Å². The van der Waals surface area contributed by atoms with Gasteiger partial charge in [0.25, 0.3) is 0 Å². The van der Waals surface area contributed by atoms with E-state index >= 15 is 0 Å². The first-order valence-electron chi connectivity index (χ1n) is 4.60. The van der Waals surface area contributed by atoms with Crippen molar-refractivity contribution in [2.75, 3.05) is 0 Å². The lowest BCUT2D eigenvalue weighted by Crippen LogP contribution is -2.08. The summed E-state index contributed by atoms with van der Waals surface area (Å²) in [5.41, 5.74) is 0.896. The van der Waals surface area contributed by atoms with E-state index in [2.05, 4.69) is 27.6 Å². The summed E-state index contributed by atoms with van der Waals surface area (Å²) in [6.07, 6.45) is 2.86. The summed E-state index contributed by atoms with van der Waals surface area (Å²) in [7, 11) is 1.88. The zero-order chi connectivity index (χ0) is 10.8. The van der Waals surface area contributed by atoms with Crippen LogP contribution in [0.1, 0.15) is 17.5 Å². The molecule has 0 saturated carbocycles. The smallest absolute Gasteiger partial charge is 0.142 e. The molecule has 1 N–H and O–H groups in total. The lowest BCUT2D eigenvalue weighted by Gasteiger charge is -2.12. The highest BCUT2D eigenvalue weighted by Gasteiger charge is 2.16. The van der Waals surface area contributed by atoms with Crippen LogP contribution in [0.5, 0.6) is 0 Å². The van der Waals surface area contributed by atoms with Gasteiger partial charge in [0.2, 0.25) is 0 Å². The lowest BCUT2D eigenvalue weighted by atomic mass is 10.1. The van der Waals surface area contributed by atoms with Crippen LogP contribution in [0.4, 0.5) is 0 Å². The minimum atomic E-state index is -0.655. The molecule has 78 valence electrons. The Morgan fingerprint density at radius 3 is 2.73 bits per heavy atom. The van der Waals surface area contributed by atoms with Gasteiger partial charge in [0.05, 0.1) is 0 Å². The standard InChI is InChI=1S/C11H11IN2O/c1-14-7-6-13-11(14)10(15)8-4-2-3-5-9(8)12/h2-7,10,15H,1H3. The van der Waals surface area contributed by atoms with E-state index in [1.165, 1.54) is 0 Å². The minimum absolute atomic E-state index is 0.655. The monoisotopic (exact) mass is 314 g/mol. The van der Waals surface area contributed by atoms with Crippen LogP contribution >= 0.6 is 22.6 Å². The average molecular weight is 314 g/mol. The van der Waals surface area contributed by atoms with Crippen molar-refractivity contribution in [1.82, 2.24) is 9.55 Å². The fourth-order valence-corrected chi connectivity index (χ4v) is 2.16. The fourth-order valence-electron chi connectivity index (χ4n) is 1.48.